The topological polar surface area (TPSA) is 87.9 Å². The number of nitro groups is 1. The molecule has 120 valence electrons. The zero-order chi connectivity index (χ0) is 16.5. The summed E-state index contributed by atoms with van der Waals surface area (Å²) >= 11 is 0. The van der Waals surface area contributed by atoms with Crippen molar-refractivity contribution in [2.75, 3.05) is 20.8 Å². The summed E-state index contributed by atoms with van der Waals surface area (Å²) in [4.78, 5) is 21.3. The van der Waals surface area contributed by atoms with Crippen LogP contribution < -0.4 is 9.47 Å². The molecule has 0 bridgehead atoms. The summed E-state index contributed by atoms with van der Waals surface area (Å²) < 4.78 is 15.0. The third-order valence-electron chi connectivity index (χ3n) is 2.86. The van der Waals surface area contributed by atoms with Gasteiger partial charge in [-0.15, -0.1) is 0 Å². The average molecular weight is 309 g/mol. The van der Waals surface area contributed by atoms with Crippen molar-refractivity contribution in [1.29, 1.82) is 0 Å². The van der Waals surface area contributed by atoms with Crippen LogP contribution in [-0.4, -0.2) is 31.7 Å². The Bertz CT molecular complexity index is 567. The molecule has 1 rings (SSSR count). The first-order valence-electron chi connectivity index (χ1n) is 6.68. The molecule has 7 nitrogen and oxygen atoms in total. The molecule has 0 saturated carbocycles. The minimum atomic E-state index is -0.440. The fourth-order valence-electron chi connectivity index (χ4n) is 1.82. The minimum absolute atomic E-state index is 0.0411. The molecule has 0 aliphatic carbocycles. The van der Waals surface area contributed by atoms with E-state index in [4.69, 9.17) is 14.2 Å². The first-order chi connectivity index (χ1) is 10.5. The lowest BCUT2D eigenvalue weighted by Gasteiger charge is -2.08. The van der Waals surface area contributed by atoms with Crippen LogP contribution in [0, 0.1) is 10.1 Å². The van der Waals surface area contributed by atoms with Gasteiger partial charge in [0, 0.05) is 19.4 Å². The lowest BCUT2D eigenvalue weighted by molar-refractivity contribution is -0.426. The van der Waals surface area contributed by atoms with Gasteiger partial charge in [-0.25, -0.2) is 0 Å². The van der Waals surface area contributed by atoms with E-state index in [1.54, 1.807) is 18.2 Å². The van der Waals surface area contributed by atoms with Gasteiger partial charge in [-0.1, -0.05) is 6.07 Å². The van der Waals surface area contributed by atoms with Crippen LogP contribution in [0.5, 0.6) is 11.5 Å². The van der Waals surface area contributed by atoms with Crippen LogP contribution in [0.1, 0.15) is 25.3 Å². The van der Waals surface area contributed by atoms with Gasteiger partial charge in [0.2, 0.25) is 5.70 Å². The third kappa shape index (κ3) is 5.43. The molecular weight excluding hydrogens is 290 g/mol. The Hall–Kier alpha value is -2.57. The molecule has 0 atom stereocenters. The van der Waals surface area contributed by atoms with Gasteiger partial charge in [0.05, 0.1) is 25.7 Å². The second-order valence-electron chi connectivity index (χ2n) is 4.45. The summed E-state index contributed by atoms with van der Waals surface area (Å²) in [5, 5.41) is 11.1. The molecule has 0 radical (unpaired) electrons. The summed E-state index contributed by atoms with van der Waals surface area (Å²) in [5.41, 5.74) is 0.677. The number of ether oxygens (including phenoxy) is 3. The zero-order valence-electron chi connectivity index (χ0n) is 12.8. The van der Waals surface area contributed by atoms with Crippen molar-refractivity contribution < 1.29 is 23.9 Å². The molecule has 0 aromatic heterocycles. The smallest absolute Gasteiger partial charge is 0.302 e. The van der Waals surface area contributed by atoms with Crippen molar-refractivity contribution >= 4 is 12.0 Å². The Morgan fingerprint density at radius 2 is 1.95 bits per heavy atom. The highest BCUT2D eigenvalue weighted by Crippen LogP contribution is 2.28. The maximum absolute atomic E-state index is 11.1. The van der Waals surface area contributed by atoms with Crippen molar-refractivity contribution in [2.24, 2.45) is 0 Å². The molecule has 0 N–H and O–H groups in total. The van der Waals surface area contributed by atoms with Crippen LogP contribution in [0.2, 0.25) is 0 Å². The fraction of sp³-hybridized carbons (Fsp3) is 0.400. The predicted octanol–water partition coefficient (Wildman–Crippen LogP) is 2.66. The van der Waals surface area contributed by atoms with Gasteiger partial charge < -0.3 is 14.2 Å². The number of esters is 1. The summed E-state index contributed by atoms with van der Waals surface area (Å²) in [6.45, 7) is 1.46. The Morgan fingerprint density at radius 1 is 1.27 bits per heavy atom. The molecule has 0 heterocycles. The van der Waals surface area contributed by atoms with Crippen LogP contribution in [0.15, 0.2) is 23.9 Å². The van der Waals surface area contributed by atoms with E-state index in [-0.39, 0.29) is 18.7 Å². The third-order valence-corrected chi connectivity index (χ3v) is 2.86. The van der Waals surface area contributed by atoms with E-state index in [1.165, 1.54) is 27.2 Å². The van der Waals surface area contributed by atoms with Crippen LogP contribution in [0.25, 0.3) is 6.08 Å². The van der Waals surface area contributed by atoms with Crippen LogP contribution in [0.3, 0.4) is 0 Å². The Labute approximate surface area is 128 Å². The number of rotatable bonds is 8. The van der Waals surface area contributed by atoms with E-state index in [0.717, 1.165) is 0 Å². The van der Waals surface area contributed by atoms with Gasteiger partial charge in [0.25, 0.3) is 0 Å². The zero-order valence-corrected chi connectivity index (χ0v) is 12.8. The first kappa shape index (κ1) is 17.5. The second kappa shape index (κ2) is 8.66. The molecule has 0 saturated heterocycles. The van der Waals surface area contributed by atoms with Gasteiger partial charge in [-0.05, 0) is 24.1 Å². The number of carbonyl (C=O) groups is 1. The number of hydrogen-bond donors (Lipinski definition) is 0. The van der Waals surface area contributed by atoms with E-state index in [0.29, 0.717) is 23.5 Å². The number of allylic oxidation sites excluding steroid dienone is 1. The van der Waals surface area contributed by atoms with Crippen LogP contribution >= 0.6 is 0 Å². The molecule has 0 aliphatic heterocycles. The summed E-state index contributed by atoms with van der Waals surface area (Å²) in [6.07, 6.45) is 2.06. The molecule has 0 spiro atoms. The van der Waals surface area contributed by atoms with Crippen molar-refractivity contribution in [3.8, 4) is 11.5 Å². The number of methoxy groups -OCH3 is 2. The molecule has 1 aromatic rings. The van der Waals surface area contributed by atoms with E-state index in [1.807, 2.05) is 0 Å². The number of benzene rings is 1. The molecule has 0 unspecified atom stereocenters. The van der Waals surface area contributed by atoms with E-state index < -0.39 is 10.9 Å². The Morgan fingerprint density at radius 3 is 2.50 bits per heavy atom. The highest BCUT2D eigenvalue weighted by atomic mass is 16.6. The SMILES string of the molecule is COc1ccc(/C=C(\CCCOC(C)=O)[N+](=O)[O-])cc1OC. The maximum atomic E-state index is 11.1. The van der Waals surface area contributed by atoms with Gasteiger partial charge in [0.15, 0.2) is 11.5 Å². The fourth-order valence-corrected chi connectivity index (χ4v) is 1.82. The van der Waals surface area contributed by atoms with Crippen molar-refractivity contribution in [3.05, 3.63) is 39.6 Å². The highest BCUT2D eigenvalue weighted by molar-refractivity contribution is 5.65. The number of nitrogens with zero attached hydrogens (tertiary/aromatic N) is 1. The molecule has 1 aromatic carbocycles. The van der Waals surface area contributed by atoms with Crippen molar-refractivity contribution in [1.82, 2.24) is 0 Å². The lowest BCUT2D eigenvalue weighted by atomic mass is 10.1. The van der Waals surface area contributed by atoms with E-state index >= 15 is 0 Å². The monoisotopic (exact) mass is 309 g/mol. The van der Waals surface area contributed by atoms with E-state index in [2.05, 4.69) is 0 Å². The van der Waals surface area contributed by atoms with Crippen LogP contribution in [0.4, 0.5) is 0 Å². The quantitative estimate of drug-likeness (QED) is 0.317. The molecule has 22 heavy (non-hydrogen) atoms. The maximum Gasteiger partial charge on any atom is 0.302 e. The second-order valence-corrected chi connectivity index (χ2v) is 4.45. The van der Waals surface area contributed by atoms with Crippen LogP contribution in [-0.2, 0) is 9.53 Å². The highest BCUT2D eigenvalue weighted by Gasteiger charge is 2.12. The van der Waals surface area contributed by atoms with Gasteiger partial charge in [-0.2, -0.15) is 0 Å². The summed E-state index contributed by atoms with van der Waals surface area (Å²) in [6, 6.07) is 5.05. The average Bonchev–Trinajstić information content (AvgIpc) is 2.49. The van der Waals surface area contributed by atoms with Gasteiger partial charge in [0.1, 0.15) is 0 Å². The first-order valence-corrected chi connectivity index (χ1v) is 6.68. The largest absolute Gasteiger partial charge is 0.493 e. The van der Waals surface area contributed by atoms with Crippen molar-refractivity contribution in [2.45, 2.75) is 19.8 Å². The van der Waals surface area contributed by atoms with Gasteiger partial charge in [-0.3, -0.25) is 14.9 Å². The number of hydrogen-bond acceptors (Lipinski definition) is 6. The Balaban J connectivity index is 2.84. The summed E-state index contributed by atoms with van der Waals surface area (Å²) in [5.74, 6) is 0.655. The lowest BCUT2D eigenvalue weighted by Crippen LogP contribution is -2.04. The van der Waals surface area contributed by atoms with Gasteiger partial charge >= 0.3 is 5.97 Å². The molecule has 0 aliphatic rings. The molecule has 0 amide bonds. The molecule has 7 heteroatoms. The normalized spacial score (nSPS) is 11.0. The summed E-state index contributed by atoms with van der Waals surface area (Å²) in [7, 11) is 3.02. The number of carbonyl (C=O) groups excluding carboxylic acids is 1. The van der Waals surface area contributed by atoms with Crippen molar-refractivity contribution in [3.63, 3.8) is 0 Å². The van der Waals surface area contributed by atoms with E-state index in [9.17, 15) is 14.9 Å². The minimum Gasteiger partial charge on any atom is -0.493 e. The Kier molecular flexibility index (Phi) is 6.88. The molecular formula is C15H19NO6. The predicted molar refractivity (Wildman–Crippen MR) is 80.4 cm³/mol. The standard InChI is InChI=1S/C15H19NO6/c1-11(17)22-8-4-5-13(16(18)19)9-12-6-7-14(20-2)15(10-12)21-3/h6-7,9-10H,4-5,8H2,1-3H3/b13-9+. The molecule has 0 fully saturated rings.